The molecule has 2 atom stereocenters. The zero-order valence-electron chi connectivity index (χ0n) is 9.95. The Hall–Kier alpha value is -0.540. The summed E-state index contributed by atoms with van der Waals surface area (Å²) in [6.07, 6.45) is 4.01. The Bertz CT molecular complexity index is 442. The number of fused-ring (bicyclic) bond motifs is 1. The number of hydrogen-bond donors (Lipinski definition) is 1. The van der Waals surface area contributed by atoms with Crippen molar-refractivity contribution in [2.75, 3.05) is 0 Å². The number of benzene rings is 1. The average molecular weight is 297 g/mol. The SMILES string of the molecule is CC1(CC2CC2)C[C@H](O)c2cc(Br)ccc2O1. The fourth-order valence-electron chi connectivity index (χ4n) is 2.76. The van der Waals surface area contributed by atoms with E-state index >= 15 is 0 Å². The van der Waals surface area contributed by atoms with E-state index in [1.54, 1.807) is 0 Å². The third-order valence-electron chi connectivity index (χ3n) is 3.73. The fraction of sp³-hybridized carbons (Fsp3) is 0.571. The molecule has 0 spiro atoms. The molecule has 1 N–H and O–H groups in total. The molecule has 1 unspecified atom stereocenters. The van der Waals surface area contributed by atoms with Crippen LogP contribution in [0.2, 0.25) is 0 Å². The van der Waals surface area contributed by atoms with Crippen LogP contribution in [0.3, 0.4) is 0 Å². The molecule has 3 rings (SSSR count). The predicted octanol–water partition coefficient (Wildman–Crippen LogP) is 3.82. The predicted molar refractivity (Wildman–Crippen MR) is 70.1 cm³/mol. The molecule has 0 aromatic heterocycles. The number of rotatable bonds is 2. The Morgan fingerprint density at radius 3 is 2.94 bits per heavy atom. The van der Waals surface area contributed by atoms with Crippen LogP contribution in [-0.2, 0) is 0 Å². The highest BCUT2D eigenvalue weighted by Gasteiger charge is 2.40. The zero-order valence-corrected chi connectivity index (χ0v) is 11.5. The van der Waals surface area contributed by atoms with Gasteiger partial charge in [0.15, 0.2) is 0 Å². The maximum absolute atomic E-state index is 10.3. The zero-order chi connectivity index (χ0) is 12.0. The molecule has 0 amide bonds. The standard InChI is InChI=1S/C14H17BrO2/c1-14(7-9-2-3-9)8-12(16)11-6-10(15)4-5-13(11)17-14/h4-6,9,12,16H,2-3,7-8H2,1H3/t12-,14?/m0/s1. The lowest BCUT2D eigenvalue weighted by Crippen LogP contribution is -2.38. The summed E-state index contributed by atoms with van der Waals surface area (Å²) in [7, 11) is 0. The van der Waals surface area contributed by atoms with E-state index in [2.05, 4.69) is 22.9 Å². The molecule has 2 aliphatic rings. The molecule has 2 nitrogen and oxygen atoms in total. The van der Waals surface area contributed by atoms with Crippen LogP contribution in [-0.4, -0.2) is 10.7 Å². The van der Waals surface area contributed by atoms with Gasteiger partial charge < -0.3 is 9.84 Å². The molecular formula is C14H17BrO2. The quantitative estimate of drug-likeness (QED) is 0.899. The van der Waals surface area contributed by atoms with Gasteiger partial charge in [0, 0.05) is 16.5 Å². The minimum absolute atomic E-state index is 0.193. The number of ether oxygens (including phenoxy) is 1. The van der Waals surface area contributed by atoms with Crippen molar-refractivity contribution in [2.45, 2.75) is 44.3 Å². The van der Waals surface area contributed by atoms with E-state index in [9.17, 15) is 5.11 Å². The summed E-state index contributed by atoms with van der Waals surface area (Å²) < 4.78 is 7.11. The van der Waals surface area contributed by atoms with Gasteiger partial charge in [-0.3, -0.25) is 0 Å². The average Bonchev–Trinajstić information content (AvgIpc) is 3.03. The van der Waals surface area contributed by atoms with Gasteiger partial charge in [-0.15, -0.1) is 0 Å². The molecular weight excluding hydrogens is 280 g/mol. The van der Waals surface area contributed by atoms with Gasteiger partial charge in [-0.25, -0.2) is 0 Å². The lowest BCUT2D eigenvalue weighted by Gasteiger charge is -2.38. The molecule has 0 bridgehead atoms. The highest BCUT2D eigenvalue weighted by atomic mass is 79.9. The second kappa shape index (κ2) is 3.99. The maximum atomic E-state index is 10.3. The van der Waals surface area contributed by atoms with Gasteiger partial charge in [-0.1, -0.05) is 28.8 Å². The van der Waals surface area contributed by atoms with Crippen LogP contribution in [0.1, 0.15) is 44.3 Å². The van der Waals surface area contributed by atoms with Gasteiger partial charge in [0.2, 0.25) is 0 Å². The molecule has 0 radical (unpaired) electrons. The lowest BCUT2D eigenvalue weighted by molar-refractivity contribution is -0.0105. The van der Waals surface area contributed by atoms with Gasteiger partial charge >= 0.3 is 0 Å². The first-order chi connectivity index (χ1) is 8.06. The summed E-state index contributed by atoms with van der Waals surface area (Å²) >= 11 is 3.43. The van der Waals surface area contributed by atoms with Crippen molar-refractivity contribution in [1.82, 2.24) is 0 Å². The molecule has 1 heterocycles. The topological polar surface area (TPSA) is 29.5 Å². The number of aliphatic hydroxyl groups excluding tert-OH is 1. The molecule has 92 valence electrons. The van der Waals surface area contributed by atoms with Crippen molar-refractivity contribution in [2.24, 2.45) is 5.92 Å². The largest absolute Gasteiger partial charge is 0.487 e. The molecule has 1 aliphatic heterocycles. The van der Waals surface area contributed by atoms with E-state index in [4.69, 9.17) is 4.74 Å². The Kier molecular flexibility index (Phi) is 2.71. The van der Waals surface area contributed by atoms with E-state index in [1.165, 1.54) is 12.8 Å². The minimum atomic E-state index is -0.403. The van der Waals surface area contributed by atoms with E-state index in [1.807, 2.05) is 18.2 Å². The van der Waals surface area contributed by atoms with Crippen LogP contribution in [0.4, 0.5) is 0 Å². The molecule has 3 heteroatoms. The molecule has 0 saturated heterocycles. The van der Waals surface area contributed by atoms with E-state index in [-0.39, 0.29) is 5.60 Å². The van der Waals surface area contributed by atoms with E-state index in [0.717, 1.165) is 28.1 Å². The van der Waals surface area contributed by atoms with E-state index in [0.29, 0.717) is 6.42 Å². The molecule has 1 aliphatic carbocycles. The first-order valence-electron chi connectivity index (χ1n) is 6.22. The van der Waals surface area contributed by atoms with Gasteiger partial charge in [0.1, 0.15) is 11.4 Å². The van der Waals surface area contributed by atoms with Crippen LogP contribution < -0.4 is 4.74 Å². The third-order valence-corrected chi connectivity index (χ3v) is 4.22. The minimum Gasteiger partial charge on any atom is -0.487 e. The maximum Gasteiger partial charge on any atom is 0.126 e. The Labute approximate surface area is 110 Å². The summed E-state index contributed by atoms with van der Waals surface area (Å²) in [5, 5.41) is 10.3. The van der Waals surface area contributed by atoms with Crippen LogP contribution >= 0.6 is 15.9 Å². The molecule has 1 saturated carbocycles. The summed E-state index contributed by atoms with van der Waals surface area (Å²) in [5.41, 5.74) is 0.717. The first kappa shape index (κ1) is 11.5. The number of aliphatic hydroxyl groups is 1. The smallest absolute Gasteiger partial charge is 0.126 e. The monoisotopic (exact) mass is 296 g/mol. The van der Waals surface area contributed by atoms with Gasteiger partial charge in [-0.2, -0.15) is 0 Å². The van der Waals surface area contributed by atoms with Crippen LogP contribution in [0.25, 0.3) is 0 Å². The number of hydrogen-bond acceptors (Lipinski definition) is 2. The Morgan fingerprint density at radius 1 is 1.47 bits per heavy atom. The van der Waals surface area contributed by atoms with Gasteiger partial charge in [0.05, 0.1) is 6.10 Å². The van der Waals surface area contributed by atoms with Crippen molar-refractivity contribution < 1.29 is 9.84 Å². The summed E-state index contributed by atoms with van der Waals surface area (Å²) in [5.74, 6) is 1.65. The summed E-state index contributed by atoms with van der Waals surface area (Å²) in [4.78, 5) is 0. The van der Waals surface area contributed by atoms with Crippen LogP contribution in [0.5, 0.6) is 5.75 Å². The number of halogens is 1. The molecule has 1 fully saturated rings. The molecule has 17 heavy (non-hydrogen) atoms. The van der Waals surface area contributed by atoms with Crippen molar-refractivity contribution >= 4 is 15.9 Å². The highest BCUT2D eigenvalue weighted by Crippen LogP contribution is 2.46. The van der Waals surface area contributed by atoms with Crippen molar-refractivity contribution in [1.29, 1.82) is 0 Å². The van der Waals surface area contributed by atoms with Crippen LogP contribution in [0, 0.1) is 5.92 Å². The normalized spacial score (nSPS) is 31.8. The van der Waals surface area contributed by atoms with E-state index < -0.39 is 6.10 Å². The Morgan fingerprint density at radius 2 is 2.24 bits per heavy atom. The summed E-state index contributed by atoms with van der Waals surface area (Å²) in [6, 6.07) is 5.87. The van der Waals surface area contributed by atoms with Crippen molar-refractivity contribution in [3.05, 3.63) is 28.2 Å². The second-order valence-corrected chi connectivity index (χ2v) is 6.52. The molecule has 1 aromatic carbocycles. The summed E-state index contributed by atoms with van der Waals surface area (Å²) in [6.45, 7) is 2.12. The van der Waals surface area contributed by atoms with Crippen LogP contribution in [0.15, 0.2) is 22.7 Å². The lowest BCUT2D eigenvalue weighted by atomic mass is 9.86. The Balaban J connectivity index is 1.88. The third kappa shape index (κ3) is 2.36. The molecule has 1 aromatic rings. The van der Waals surface area contributed by atoms with Crippen molar-refractivity contribution in [3.63, 3.8) is 0 Å². The first-order valence-corrected chi connectivity index (χ1v) is 7.02. The second-order valence-electron chi connectivity index (χ2n) is 5.60. The highest BCUT2D eigenvalue weighted by molar-refractivity contribution is 9.10. The van der Waals surface area contributed by atoms with Crippen molar-refractivity contribution in [3.8, 4) is 5.75 Å². The van der Waals surface area contributed by atoms with Gasteiger partial charge in [-0.05, 0) is 37.5 Å². The fourth-order valence-corrected chi connectivity index (χ4v) is 3.14. The van der Waals surface area contributed by atoms with Gasteiger partial charge in [0.25, 0.3) is 0 Å².